The second-order valence-electron chi connectivity index (χ2n) is 8.60. The summed E-state index contributed by atoms with van der Waals surface area (Å²) in [4.78, 5) is 41.5. The molecule has 1 saturated heterocycles. The summed E-state index contributed by atoms with van der Waals surface area (Å²) in [6, 6.07) is 8.29. The molecule has 1 aliphatic heterocycles. The van der Waals surface area contributed by atoms with E-state index in [1.54, 1.807) is 0 Å². The van der Waals surface area contributed by atoms with Crippen LogP contribution in [0.4, 0.5) is 32.0 Å². The van der Waals surface area contributed by atoms with Crippen LogP contribution in [0.5, 0.6) is 5.75 Å². The van der Waals surface area contributed by atoms with Crippen LogP contribution in [0, 0.1) is 0 Å². The van der Waals surface area contributed by atoms with Crippen LogP contribution in [0.1, 0.15) is 27.2 Å². The standard InChI is InChI=1S/C26H15F6N3O5S2/c27-25(28,29)13-6-12(7-14(8-13)26(30,31)32)18-3-1-2-15(33-18)10-20-22(38)35(24(41)42-20)11-21(37)34-16-4-5-17(23(39)40)19(36)9-16/h1-10,36H,11H2,(H,34,37)(H,39,40)/b20-10-. The minimum Gasteiger partial charge on any atom is -0.507 e. The highest BCUT2D eigenvalue weighted by atomic mass is 32.2. The number of carboxylic acids is 1. The van der Waals surface area contributed by atoms with Crippen molar-refractivity contribution in [3.05, 3.63) is 81.9 Å². The van der Waals surface area contributed by atoms with Gasteiger partial charge in [0.15, 0.2) is 0 Å². The smallest absolute Gasteiger partial charge is 0.416 e. The fourth-order valence-corrected chi connectivity index (χ4v) is 4.94. The number of hydrogen-bond donors (Lipinski definition) is 3. The van der Waals surface area contributed by atoms with E-state index in [9.17, 15) is 45.8 Å². The zero-order valence-corrected chi connectivity index (χ0v) is 22.2. The van der Waals surface area contributed by atoms with Crippen LogP contribution < -0.4 is 5.32 Å². The number of alkyl halides is 6. The number of phenols is 1. The van der Waals surface area contributed by atoms with Crippen molar-refractivity contribution >= 4 is 57.8 Å². The summed E-state index contributed by atoms with van der Waals surface area (Å²) in [6.07, 6.45) is -8.87. The molecular formula is C26H15F6N3O5S2. The van der Waals surface area contributed by atoms with Gasteiger partial charge in [0.25, 0.3) is 5.91 Å². The molecule has 3 aromatic rings. The molecule has 0 spiro atoms. The second kappa shape index (κ2) is 11.4. The fourth-order valence-electron chi connectivity index (χ4n) is 3.70. The Morgan fingerprint density at radius 2 is 1.64 bits per heavy atom. The Bertz CT molecular complexity index is 1620. The highest BCUT2D eigenvalue weighted by molar-refractivity contribution is 8.26. The molecule has 0 unspecified atom stereocenters. The molecule has 3 N–H and O–H groups in total. The molecule has 1 aromatic heterocycles. The van der Waals surface area contributed by atoms with Crippen molar-refractivity contribution < 1.29 is 50.9 Å². The van der Waals surface area contributed by atoms with Gasteiger partial charge >= 0.3 is 18.3 Å². The Hall–Kier alpha value is -4.44. The van der Waals surface area contributed by atoms with E-state index >= 15 is 0 Å². The van der Waals surface area contributed by atoms with E-state index in [-0.39, 0.29) is 37.9 Å². The van der Waals surface area contributed by atoms with Crippen molar-refractivity contribution in [3.8, 4) is 17.0 Å². The molecule has 42 heavy (non-hydrogen) atoms. The Morgan fingerprint density at radius 1 is 1.00 bits per heavy atom. The molecule has 4 rings (SSSR count). The quantitative estimate of drug-likeness (QED) is 0.172. The maximum Gasteiger partial charge on any atom is 0.416 e. The van der Waals surface area contributed by atoms with E-state index in [0.29, 0.717) is 12.1 Å². The van der Waals surface area contributed by atoms with Gasteiger partial charge in [-0.15, -0.1) is 0 Å². The summed E-state index contributed by atoms with van der Waals surface area (Å²) < 4.78 is 79.6. The molecule has 0 bridgehead atoms. The number of thioether (sulfide) groups is 1. The van der Waals surface area contributed by atoms with Gasteiger partial charge in [0.1, 0.15) is 22.2 Å². The van der Waals surface area contributed by atoms with Crippen molar-refractivity contribution in [1.82, 2.24) is 9.88 Å². The van der Waals surface area contributed by atoms with E-state index in [0.717, 1.165) is 28.8 Å². The number of carbonyl (C=O) groups is 3. The average Bonchev–Trinajstić information content (AvgIpc) is 3.14. The van der Waals surface area contributed by atoms with Gasteiger partial charge in [0.2, 0.25) is 5.91 Å². The lowest BCUT2D eigenvalue weighted by Gasteiger charge is -2.14. The van der Waals surface area contributed by atoms with Gasteiger partial charge in [-0.1, -0.05) is 30.0 Å². The molecule has 8 nitrogen and oxygen atoms in total. The number of benzene rings is 2. The molecule has 2 amide bonds. The van der Waals surface area contributed by atoms with Crippen molar-refractivity contribution in [2.75, 3.05) is 11.9 Å². The number of carboxylic acid groups (broad SMARTS) is 1. The minimum absolute atomic E-state index is 0.00262. The Balaban J connectivity index is 1.54. The first-order chi connectivity index (χ1) is 19.5. The van der Waals surface area contributed by atoms with Crippen LogP contribution in [0.15, 0.2) is 59.5 Å². The van der Waals surface area contributed by atoms with Crippen LogP contribution in [-0.2, 0) is 21.9 Å². The van der Waals surface area contributed by atoms with Crippen LogP contribution >= 0.6 is 24.0 Å². The number of anilines is 1. The summed E-state index contributed by atoms with van der Waals surface area (Å²) in [6.45, 7) is -0.554. The zero-order chi connectivity index (χ0) is 31.0. The summed E-state index contributed by atoms with van der Waals surface area (Å²) in [5, 5.41) is 21.1. The number of rotatable bonds is 6. The molecule has 1 aliphatic rings. The first-order valence-electron chi connectivity index (χ1n) is 11.4. The van der Waals surface area contributed by atoms with Crippen molar-refractivity contribution in [2.45, 2.75) is 12.4 Å². The minimum atomic E-state index is -5.05. The van der Waals surface area contributed by atoms with E-state index in [1.165, 1.54) is 30.3 Å². The largest absolute Gasteiger partial charge is 0.507 e. The molecule has 16 heteroatoms. The summed E-state index contributed by atoms with van der Waals surface area (Å²) in [5.41, 5.74) is -3.99. The predicted octanol–water partition coefficient (Wildman–Crippen LogP) is 6.03. The third-order valence-electron chi connectivity index (χ3n) is 5.62. The van der Waals surface area contributed by atoms with Crippen LogP contribution in [0.2, 0.25) is 0 Å². The molecule has 218 valence electrons. The fraction of sp³-hybridized carbons (Fsp3) is 0.115. The van der Waals surface area contributed by atoms with E-state index in [4.69, 9.17) is 17.3 Å². The summed E-state index contributed by atoms with van der Waals surface area (Å²) in [5.74, 6) is -3.42. The van der Waals surface area contributed by atoms with Gasteiger partial charge in [-0.25, -0.2) is 9.78 Å². The number of aromatic carboxylic acids is 1. The monoisotopic (exact) mass is 627 g/mol. The zero-order valence-electron chi connectivity index (χ0n) is 20.6. The van der Waals surface area contributed by atoms with Crippen LogP contribution in [-0.4, -0.2) is 48.7 Å². The van der Waals surface area contributed by atoms with E-state index in [1.807, 2.05) is 0 Å². The Kier molecular flexibility index (Phi) is 8.31. The number of carbonyl (C=O) groups excluding carboxylic acids is 2. The third kappa shape index (κ3) is 6.88. The molecule has 2 heterocycles. The number of aromatic hydroxyl groups is 1. The number of nitrogens with zero attached hydrogens (tertiary/aromatic N) is 2. The number of aromatic nitrogens is 1. The molecule has 2 aromatic carbocycles. The first-order valence-corrected chi connectivity index (χ1v) is 12.6. The van der Waals surface area contributed by atoms with Crippen LogP contribution in [0.3, 0.4) is 0 Å². The average molecular weight is 628 g/mol. The topological polar surface area (TPSA) is 120 Å². The number of halogens is 6. The lowest BCUT2D eigenvalue weighted by Crippen LogP contribution is -2.36. The summed E-state index contributed by atoms with van der Waals surface area (Å²) >= 11 is 5.96. The Morgan fingerprint density at radius 3 is 2.21 bits per heavy atom. The lowest BCUT2D eigenvalue weighted by atomic mass is 10.0. The Labute approximate surface area is 241 Å². The van der Waals surface area contributed by atoms with E-state index < -0.39 is 59.1 Å². The number of hydrogen-bond acceptors (Lipinski definition) is 7. The number of amides is 2. The number of thiocarbonyl (C=S) groups is 1. The van der Waals surface area contributed by atoms with Gasteiger partial charge in [0, 0.05) is 17.3 Å². The van der Waals surface area contributed by atoms with Crippen molar-refractivity contribution in [1.29, 1.82) is 0 Å². The van der Waals surface area contributed by atoms with Gasteiger partial charge in [-0.05, 0) is 48.5 Å². The highest BCUT2D eigenvalue weighted by Crippen LogP contribution is 2.39. The SMILES string of the molecule is O=C(CN1C(=O)/C(=C/c2cccc(-c3cc(C(F)(F)F)cc(C(F)(F)F)c3)n2)SC1=S)Nc1ccc(C(=O)O)c(O)c1. The van der Waals surface area contributed by atoms with Gasteiger partial charge in [0.05, 0.1) is 27.4 Å². The molecule has 0 saturated carbocycles. The normalized spacial score (nSPS) is 14.9. The molecule has 0 radical (unpaired) electrons. The molecular weight excluding hydrogens is 612 g/mol. The first kappa shape index (κ1) is 30.5. The van der Waals surface area contributed by atoms with E-state index in [2.05, 4.69) is 10.3 Å². The maximum absolute atomic E-state index is 13.3. The highest BCUT2D eigenvalue weighted by Gasteiger charge is 2.37. The second-order valence-corrected chi connectivity index (χ2v) is 10.3. The third-order valence-corrected chi connectivity index (χ3v) is 7.00. The molecule has 0 aliphatic carbocycles. The number of nitrogens with one attached hydrogen (secondary N) is 1. The van der Waals surface area contributed by atoms with Gasteiger partial charge < -0.3 is 15.5 Å². The van der Waals surface area contributed by atoms with Gasteiger partial charge in [-0.2, -0.15) is 26.3 Å². The van der Waals surface area contributed by atoms with Crippen LogP contribution in [0.25, 0.3) is 17.3 Å². The molecule has 0 atom stereocenters. The van der Waals surface area contributed by atoms with Gasteiger partial charge in [-0.3, -0.25) is 14.5 Å². The predicted molar refractivity (Wildman–Crippen MR) is 143 cm³/mol. The van der Waals surface area contributed by atoms with Crippen molar-refractivity contribution in [3.63, 3.8) is 0 Å². The maximum atomic E-state index is 13.3. The molecule has 1 fully saturated rings. The summed E-state index contributed by atoms with van der Waals surface area (Å²) in [7, 11) is 0. The van der Waals surface area contributed by atoms with Crippen molar-refractivity contribution in [2.24, 2.45) is 0 Å². The number of pyridine rings is 1. The lowest BCUT2D eigenvalue weighted by molar-refractivity contribution is -0.143.